The Morgan fingerprint density at radius 1 is 0.583 bits per heavy atom. The summed E-state index contributed by atoms with van der Waals surface area (Å²) in [5, 5.41) is 77.7. The Bertz CT molecular complexity index is 2480. The van der Waals surface area contributed by atoms with Crippen molar-refractivity contribution in [3.63, 3.8) is 0 Å². The number of amides is 10. The molecule has 470 valence electrons. The number of carbonyl (C=O) groups is 13. The Labute approximate surface area is 489 Å². The molecule has 0 radical (unpaired) electrons. The molecule has 0 unspecified atom stereocenters. The van der Waals surface area contributed by atoms with Crippen LogP contribution in [0, 0.1) is 11.8 Å². The molecule has 0 spiro atoms. The molecule has 0 aromatic heterocycles. The van der Waals surface area contributed by atoms with Gasteiger partial charge in [-0.25, -0.2) is 4.79 Å². The van der Waals surface area contributed by atoms with Crippen molar-refractivity contribution in [3.05, 3.63) is 29.8 Å². The molecule has 0 saturated carbocycles. The predicted octanol–water partition coefficient (Wildman–Crippen LogP) is -3.57. The second-order valence-corrected chi connectivity index (χ2v) is 22.4. The number of primary amides is 1. The number of nitrogens with two attached hydrogens (primary N) is 2. The fourth-order valence-electron chi connectivity index (χ4n) is 8.78. The number of benzene rings is 1. The topological polar surface area (TPSA) is 495 Å². The van der Waals surface area contributed by atoms with Crippen molar-refractivity contribution in [1.82, 2.24) is 47.4 Å². The van der Waals surface area contributed by atoms with E-state index < -0.39 is 182 Å². The first kappa shape index (κ1) is 72.5. The van der Waals surface area contributed by atoms with E-state index in [1.807, 2.05) is 5.32 Å². The average Bonchev–Trinajstić information content (AvgIpc) is 3.90. The Hall–Kier alpha value is -7.64. The molecular weight excluding hydrogens is 1130 g/mol. The third kappa shape index (κ3) is 25.1. The van der Waals surface area contributed by atoms with Gasteiger partial charge in [-0.05, 0) is 107 Å². The fourth-order valence-corrected chi connectivity index (χ4v) is 9.25. The number of carbonyl (C=O) groups excluding carboxylic acids is 10. The van der Waals surface area contributed by atoms with E-state index in [1.165, 1.54) is 23.9 Å². The maximum Gasteiger partial charge on any atom is 0.328 e. The molecule has 2 rings (SSSR count). The van der Waals surface area contributed by atoms with E-state index in [1.54, 1.807) is 46.1 Å². The standard InChI is InChI=1S/C53H83N11O19S/c1-25(2)21-35(60-49(78)37(24-41(71)72)61-48(77)36(22-26(3)4)59-45(74)33(18-20-84-7)56-44(73)31(54)23-29-10-12-30(67)13-11-29)47(76)58-34(14-16-39(55)68)52(81)64-19-8-9-38(64)50(79)57-32(15-17-40(69)70)46(75)62-42(27(5)65)51(80)63-43(28(6)66)53(82)83/h10-13,25-28,31-38,42-43,65-67H,8-9,14-24,54H2,1-7H3,(H2,55,68)(H,56,73)(H,57,79)(H,58,76)(H,59,74)(H,60,78)(H,61,77)(H,62,75)(H,63,80)(H,69,70)(H,71,72)(H,82,83)/t27-,28-,31+,32+,33+,34+,35+,36+,37+,38+,42+,43+/m1/s1. The van der Waals surface area contributed by atoms with Crippen LogP contribution < -0.4 is 54.0 Å². The number of phenols is 1. The maximum atomic E-state index is 14.4. The van der Waals surface area contributed by atoms with Gasteiger partial charge in [0.05, 0.1) is 24.7 Å². The summed E-state index contributed by atoms with van der Waals surface area (Å²) in [6.45, 7) is 8.77. The van der Waals surface area contributed by atoms with Crippen LogP contribution >= 0.6 is 11.8 Å². The van der Waals surface area contributed by atoms with Crippen molar-refractivity contribution >= 4 is 88.7 Å². The van der Waals surface area contributed by atoms with Gasteiger partial charge in [0.15, 0.2) is 6.04 Å². The number of likely N-dealkylation sites (tertiary alicyclic amines) is 1. The summed E-state index contributed by atoms with van der Waals surface area (Å²) in [5.41, 5.74) is 12.2. The van der Waals surface area contributed by atoms with Gasteiger partial charge in [0.2, 0.25) is 59.1 Å². The maximum absolute atomic E-state index is 14.4. The summed E-state index contributed by atoms with van der Waals surface area (Å²) in [6.07, 6.45) is -4.74. The van der Waals surface area contributed by atoms with Crippen molar-refractivity contribution in [2.75, 3.05) is 18.6 Å². The van der Waals surface area contributed by atoms with Gasteiger partial charge < -0.3 is 89.5 Å². The second kappa shape index (κ2) is 35.5. The van der Waals surface area contributed by atoms with Crippen LogP contribution in [-0.4, -0.2) is 204 Å². The molecule has 0 aliphatic carbocycles. The molecule has 30 nitrogen and oxygen atoms in total. The first-order valence-corrected chi connectivity index (χ1v) is 28.7. The number of rotatable bonds is 37. The molecule has 1 aromatic rings. The van der Waals surface area contributed by atoms with Gasteiger partial charge in [-0.3, -0.25) is 57.5 Å². The van der Waals surface area contributed by atoms with Gasteiger partial charge in [0.25, 0.3) is 0 Å². The second-order valence-electron chi connectivity index (χ2n) is 21.4. The molecule has 1 heterocycles. The van der Waals surface area contributed by atoms with Crippen LogP contribution in [-0.2, 0) is 68.7 Å². The lowest BCUT2D eigenvalue weighted by Gasteiger charge is -2.31. The molecule has 84 heavy (non-hydrogen) atoms. The lowest BCUT2D eigenvalue weighted by molar-refractivity contribution is -0.146. The van der Waals surface area contributed by atoms with E-state index in [0.29, 0.717) is 11.3 Å². The van der Waals surface area contributed by atoms with Crippen molar-refractivity contribution in [2.24, 2.45) is 23.3 Å². The highest BCUT2D eigenvalue weighted by Gasteiger charge is 2.41. The number of aliphatic hydroxyl groups excluding tert-OH is 2. The first-order chi connectivity index (χ1) is 39.3. The minimum Gasteiger partial charge on any atom is -0.508 e. The lowest BCUT2D eigenvalue weighted by atomic mass is 10.00. The molecular formula is C53H83N11O19S. The smallest absolute Gasteiger partial charge is 0.328 e. The van der Waals surface area contributed by atoms with Gasteiger partial charge in [0, 0.05) is 19.4 Å². The van der Waals surface area contributed by atoms with E-state index >= 15 is 0 Å². The molecule has 31 heteroatoms. The number of carboxylic acids is 3. The third-order valence-corrected chi connectivity index (χ3v) is 13.8. The predicted molar refractivity (Wildman–Crippen MR) is 300 cm³/mol. The van der Waals surface area contributed by atoms with Crippen LogP contribution in [0.4, 0.5) is 0 Å². The first-order valence-electron chi connectivity index (χ1n) is 27.3. The Morgan fingerprint density at radius 3 is 1.54 bits per heavy atom. The zero-order valence-corrected chi connectivity index (χ0v) is 48.9. The number of hydrogen-bond donors (Lipinski definition) is 16. The number of hydrogen-bond acceptors (Lipinski definition) is 18. The lowest BCUT2D eigenvalue weighted by Crippen LogP contribution is -2.61. The molecule has 1 aliphatic rings. The summed E-state index contributed by atoms with van der Waals surface area (Å²) >= 11 is 1.37. The third-order valence-electron chi connectivity index (χ3n) is 13.2. The number of thioether (sulfide) groups is 1. The van der Waals surface area contributed by atoms with Gasteiger partial charge in [-0.15, -0.1) is 0 Å². The summed E-state index contributed by atoms with van der Waals surface area (Å²) in [4.78, 5) is 173. The Morgan fingerprint density at radius 2 is 1.05 bits per heavy atom. The van der Waals surface area contributed by atoms with E-state index in [0.717, 1.165) is 18.7 Å². The van der Waals surface area contributed by atoms with Crippen molar-refractivity contribution in [2.45, 2.75) is 185 Å². The van der Waals surface area contributed by atoms with Crippen LogP contribution in [0.5, 0.6) is 5.75 Å². The molecule has 1 saturated heterocycles. The van der Waals surface area contributed by atoms with Crippen molar-refractivity contribution in [1.29, 1.82) is 0 Å². The monoisotopic (exact) mass is 1210 g/mol. The number of phenolic OH excluding ortho intramolecular Hbond substituents is 1. The molecule has 1 aliphatic heterocycles. The zero-order chi connectivity index (χ0) is 63.7. The number of carboxylic acid groups (broad SMARTS) is 3. The van der Waals surface area contributed by atoms with Gasteiger partial charge in [0.1, 0.15) is 54.1 Å². The van der Waals surface area contributed by atoms with Gasteiger partial charge >= 0.3 is 17.9 Å². The summed E-state index contributed by atoms with van der Waals surface area (Å²) in [7, 11) is 0. The normalized spacial score (nSPS) is 17.0. The van der Waals surface area contributed by atoms with Crippen LogP contribution in [0.15, 0.2) is 24.3 Å². The van der Waals surface area contributed by atoms with Gasteiger partial charge in [-0.2, -0.15) is 11.8 Å². The molecule has 0 bridgehead atoms. The minimum absolute atomic E-state index is 0.00777. The summed E-state index contributed by atoms with van der Waals surface area (Å²) < 4.78 is 0. The van der Waals surface area contributed by atoms with Crippen molar-refractivity contribution in [3.8, 4) is 5.75 Å². The zero-order valence-electron chi connectivity index (χ0n) is 48.1. The highest BCUT2D eigenvalue weighted by molar-refractivity contribution is 7.98. The van der Waals surface area contributed by atoms with Crippen LogP contribution in [0.25, 0.3) is 0 Å². The number of aliphatic carboxylic acids is 3. The highest BCUT2D eigenvalue weighted by Crippen LogP contribution is 2.21. The SMILES string of the molecule is CSCC[C@H](NC(=O)[C@@H](N)Cc1ccc(O)cc1)C(=O)N[C@@H](CC(C)C)C(=O)N[C@@H](CC(=O)O)C(=O)N[C@@H](CC(C)C)C(=O)N[C@@H](CCC(N)=O)C(=O)N1CCC[C@H]1C(=O)N[C@@H](CCC(=O)O)C(=O)N[C@H](C(=O)N[C@H](C(=O)O)[C@@H](C)O)[C@@H](C)O. The molecule has 12 atom stereocenters. The van der Waals surface area contributed by atoms with Crippen LogP contribution in [0.2, 0.25) is 0 Å². The molecule has 10 amide bonds. The average molecular weight is 1210 g/mol. The number of nitrogens with one attached hydrogen (secondary N) is 8. The Balaban J connectivity index is 2.41. The Kier molecular flexibility index (Phi) is 30.6. The van der Waals surface area contributed by atoms with E-state index in [9.17, 15) is 93.0 Å². The number of aliphatic hydroxyl groups is 2. The molecule has 1 fully saturated rings. The van der Waals surface area contributed by atoms with E-state index in [2.05, 4.69) is 37.2 Å². The van der Waals surface area contributed by atoms with Crippen LogP contribution in [0.1, 0.15) is 111 Å². The van der Waals surface area contributed by atoms with E-state index in [-0.39, 0.29) is 62.7 Å². The summed E-state index contributed by atoms with van der Waals surface area (Å²) in [5.74, 6) is -14.9. The molecule has 1 aromatic carbocycles. The van der Waals surface area contributed by atoms with Crippen LogP contribution in [0.3, 0.4) is 0 Å². The fraction of sp³-hybridized carbons (Fsp3) is 0.642. The quantitative estimate of drug-likeness (QED) is 0.0306. The van der Waals surface area contributed by atoms with Crippen molar-refractivity contribution < 1.29 is 93.0 Å². The van der Waals surface area contributed by atoms with E-state index in [4.69, 9.17) is 11.5 Å². The minimum atomic E-state index is -1.89. The number of aromatic hydroxyl groups is 1. The van der Waals surface area contributed by atoms with Gasteiger partial charge in [-0.1, -0.05) is 39.8 Å². The summed E-state index contributed by atoms with van der Waals surface area (Å²) in [6, 6.07) is -9.66. The largest absolute Gasteiger partial charge is 0.508 e. The molecule has 18 N–H and O–H groups in total. The number of nitrogens with zero attached hydrogens (tertiary/aromatic N) is 1. The highest BCUT2D eigenvalue weighted by atomic mass is 32.2.